The van der Waals surface area contributed by atoms with Crippen LogP contribution < -0.4 is 5.32 Å². The second kappa shape index (κ2) is 4.94. The Morgan fingerprint density at radius 3 is 3.06 bits per heavy atom. The summed E-state index contributed by atoms with van der Waals surface area (Å²) in [5.41, 5.74) is 0.0468. The van der Waals surface area contributed by atoms with Gasteiger partial charge in [-0.3, -0.25) is 9.78 Å². The van der Waals surface area contributed by atoms with Gasteiger partial charge in [0.15, 0.2) is 0 Å². The number of pyridine rings is 1. The zero-order valence-electron chi connectivity index (χ0n) is 10.6. The number of carbonyl (C=O) groups excluding carboxylic acids is 1. The van der Waals surface area contributed by atoms with E-state index in [-0.39, 0.29) is 28.9 Å². The lowest BCUT2D eigenvalue weighted by atomic mass is 9.94. The smallest absolute Gasteiger partial charge is 0.255 e. The van der Waals surface area contributed by atoms with Crippen molar-refractivity contribution in [3.05, 3.63) is 24.0 Å². The molecule has 98 valence electrons. The van der Waals surface area contributed by atoms with Gasteiger partial charge in [-0.25, -0.2) is 0 Å². The van der Waals surface area contributed by atoms with Gasteiger partial charge in [-0.05, 0) is 32.8 Å². The zero-order chi connectivity index (χ0) is 13.2. The van der Waals surface area contributed by atoms with Crippen molar-refractivity contribution < 1.29 is 14.6 Å². The van der Waals surface area contributed by atoms with E-state index < -0.39 is 0 Å². The van der Waals surface area contributed by atoms with Gasteiger partial charge in [-0.1, -0.05) is 0 Å². The maximum atomic E-state index is 12.0. The Morgan fingerprint density at radius 1 is 1.61 bits per heavy atom. The second-order valence-electron chi connectivity index (χ2n) is 5.16. The van der Waals surface area contributed by atoms with Crippen molar-refractivity contribution in [3.8, 4) is 5.75 Å². The maximum Gasteiger partial charge on any atom is 0.255 e. The van der Waals surface area contributed by atoms with Gasteiger partial charge in [0.05, 0.1) is 17.4 Å². The van der Waals surface area contributed by atoms with Gasteiger partial charge in [0.1, 0.15) is 5.75 Å². The molecule has 1 atom stereocenters. The van der Waals surface area contributed by atoms with Crippen molar-refractivity contribution in [2.45, 2.75) is 38.3 Å². The number of aromatic nitrogens is 1. The summed E-state index contributed by atoms with van der Waals surface area (Å²) in [7, 11) is 0. The van der Waals surface area contributed by atoms with E-state index in [0.717, 1.165) is 12.8 Å². The van der Waals surface area contributed by atoms with Crippen molar-refractivity contribution in [2.75, 3.05) is 6.61 Å². The number of amides is 1. The van der Waals surface area contributed by atoms with E-state index in [1.807, 2.05) is 13.8 Å². The Kier molecular flexibility index (Phi) is 3.52. The topological polar surface area (TPSA) is 71.5 Å². The predicted octanol–water partition coefficient (Wildman–Crippen LogP) is 1.47. The van der Waals surface area contributed by atoms with E-state index in [4.69, 9.17) is 4.74 Å². The van der Waals surface area contributed by atoms with E-state index >= 15 is 0 Å². The number of hydrogen-bond acceptors (Lipinski definition) is 4. The normalized spacial score (nSPS) is 22.4. The second-order valence-corrected chi connectivity index (χ2v) is 5.16. The van der Waals surface area contributed by atoms with E-state index in [2.05, 4.69) is 10.3 Å². The highest BCUT2D eigenvalue weighted by Gasteiger charge is 2.30. The summed E-state index contributed by atoms with van der Waals surface area (Å²) in [6.45, 7) is 4.66. The molecule has 1 saturated heterocycles. The number of aromatic hydroxyl groups is 1. The molecule has 1 aliphatic rings. The number of nitrogens with zero attached hydrogens (tertiary/aromatic N) is 1. The fourth-order valence-corrected chi connectivity index (χ4v) is 2.20. The average Bonchev–Trinajstić information content (AvgIpc) is 2.28. The molecular weight excluding hydrogens is 232 g/mol. The van der Waals surface area contributed by atoms with Crippen LogP contribution >= 0.6 is 0 Å². The first kappa shape index (κ1) is 12.8. The van der Waals surface area contributed by atoms with Gasteiger partial charge in [0.2, 0.25) is 0 Å². The molecule has 5 nitrogen and oxygen atoms in total. The summed E-state index contributed by atoms with van der Waals surface area (Å²) in [5.74, 6) is -0.362. The van der Waals surface area contributed by atoms with Gasteiger partial charge in [-0.15, -0.1) is 0 Å². The van der Waals surface area contributed by atoms with Gasteiger partial charge < -0.3 is 15.2 Å². The number of carbonyl (C=O) groups is 1. The van der Waals surface area contributed by atoms with Crippen molar-refractivity contribution >= 4 is 5.91 Å². The first-order valence-corrected chi connectivity index (χ1v) is 6.06. The lowest BCUT2D eigenvalue weighted by Gasteiger charge is -2.35. The molecule has 1 aromatic heterocycles. The van der Waals surface area contributed by atoms with E-state index in [1.165, 1.54) is 18.5 Å². The van der Waals surface area contributed by atoms with Crippen LogP contribution in [-0.2, 0) is 4.74 Å². The monoisotopic (exact) mass is 250 g/mol. The largest absolute Gasteiger partial charge is 0.505 e. The summed E-state index contributed by atoms with van der Waals surface area (Å²) in [6.07, 6.45) is 4.32. The molecule has 0 saturated carbocycles. The molecule has 0 bridgehead atoms. The van der Waals surface area contributed by atoms with Crippen LogP contribution in [0.1, 0.15) is 37.0 Å². The van der Waals surface area contributed by atoms with E-state index in [0.29, 0.717) is 6.61 Å². The minimum absolute atomic E-state index is 0.0776. The minimum Gasteiger partial charge on any atom is -0.505 e. The molecule has 0 spiro atoms. The SMILES string of the molecule is CC1(C)CC(NC(=O)c2ccncc2O)CCO1. The Hall–Kier alpha value is -1.62. The molecule has 0 aromatic carbocycles. The van der Waals surface area contributed by atoms with Crippen LogP contribution in [0.15, 0.2) is 18.5 Å². The molecule has 0 radical (unpaired) electrons. The Bertz CT molecular complexity index is 446. The standard InChI is InChI=1S/C13H18N2O3/c1-13(2)7-9(4-6-18-13)15-12(17)10-3-5-14-8-11(10)16/h3,5,8-9,16H,4,6-7H2,1-2H3,(H,15,17). The van der Waals surface area contributed by atoms with Crippen molar-refractivity contribution in [2.24, 2.45) is 0 Å². The lowest BCUT2D eigenvalue weighted by Crippen LogP contribution is -2.45. The van der Waals surface area contributed by atoms with Crippen LogP contribution in [0.5, 0.6) is 5.75 Å². The summed E-state index contributed by atoms with van der Waals surface area (Å²) in [5, 5.41) is 12.5. The Labute approximate surface area is 106 Å². The molecule has 1 aromatic rings. The summed E-state index contributed by atoms with van der Waals surface area (Å²) >= 11 is 0. The average molecular weight is 250 g/mol. The quantitative estimate of drug-likeness (QED) is 0.834. The number of ether oxygens (including phenoxy) is 1. The number of nitrogens with one attached hydrogen (secondary N) is 1. The molecule has 1 amide bonds. The summed E-state index contributed by atoms with van der Waals surface area (Å²) in [6, 6.07) is 1.59. The minimum atomic E-state index is -0.266. The van der Waals surface area contributed by atoms with Crippen LogP contribution in [0.3, 0.4) is 0 Å². The van der Waals surface area contributed by atoms with Crippen molar-refractivity contribution in [3.63, 3.8) is 0 Å². The zero-order valence-corrected chi connectivity index (χ0v) is 10.6. The van der Waals surface area contributed by atoms with E-state index in [1.54, 1.807) is 0 Å². The van der Waals surface area contributed by atoms with E-state index in [9.17, 15) is 9.90 Å². The van der Waals surface area contributed by atoms with Gasteiger partial charge in [0, 0.05) is 18.8 Å². The van der Waals surface area contributed by atoms with Gasteiger partial charge in [-0.2, -0.15) is 0 Å². The highest BCUT2D eigenvalue weighted by Crippen LogP contribution is 2.24. The third-order valence-corrected chi connectivity index (χ3v) is 3.08. The highest BCUT2D eigenvalue weighted by molar-refractivity contribution is 5.96. The van der Waals surface area contributed by atoms with Crippen LogP contribution in [0.4, 0.5) is 0 Å². The summed E-state index contributed by atoms with van der Waals surface area (Å²) < 4.78 is 5.60. The van der Waals surface area contributed by atoms with Crippen molar-refractivity contribution in [1.82, 2.24) is 10.3 Å². The van der Waals surface area contributed by atoms with Crippen LogP contribution in [0, 0.1) is 0 Å². The first-order valence-electron chi connectivity index (χ1n) is 6.06. The Morgan fingerprint density at radius 2 is 2.39 bits per heavy atom. The maximum absolute atomic E-state index is 12.0. The number of rotatable bonds is 2. The molecule has 2 heterocycles. The van der Waals surface area contributed by atoms with Crippen LogP contribution in [0.25, 0.3) is 0 Å². The first-order chi connectivity index (χ1) is 8.48. The third kappa shape index (κ3) is 2.98. The fraction of sp³-hybridized carbons (Fsp3) is 0.538. The van der Waals surface area contributed by atoms with Gasteiger partial charge in [0.25, 0.3) is 5.91 Å². The molecule has 2 rings (SSSR count). The van der Waals surface area contributed by atoms with Crippen LogP contribution in [-0.4, -0.2) is 34.2 Å². The number of hydrogen-bond donors (Lipinski definition) is 2. The molecule has 0 aliphatic carbocycles. The molecule has 5 heteroatoms. The molecule has 1 aliphatic heterocycles. The molecule has 1 fully saturated rings. The molecular formula is C13H18N2O3. The highest BCUT2D eigenvalue weighted by atomic mass is 16.5. The predicted molar refractivity (Wildman–Crippen MR) is 66.4 cm³/mol. The molecule has 18 heavy (non-hydrogen) atoms. The van der Waals surface area contributed by atoms with Gasteiger partial charge >= 0.3 is 0 Å². The summed E-state index contributed by atoms with van der Waals surface area (Å²) in [4.78, 5) is 15.8. The van der Waals surface area contributed by atoms with Crippen molar-refractivity contribution in [1.29, 1.82) is 0 Å². The molecule has 2 N–H and O–H groups in total. The molecule has 1 unspecified atom stereocenters. The fourth-order valence-electron chi connectivity index (χ4n) is 2.20. The lowest BCUT2D eigenvalue weighted by molar-refractivity contribution is -0.0615. The van der Waals surface area contributed by atoms with Crippen LogP contribution in [0.2, 0.25) is 0 Å². The Balaban J connectivity index is 2.02. The third-order valence-electron chi connectivity index (χ3n) is 3.08.